The summed E-state index contributed by atoms with van der Waals surface area (Å²) in [7, 11) is 3.43. The van der Waals surface area contributed by atoms with E-state index in [0.29, 0.717) is 23.4 Å². The molecule has 0 saturated carbocycles. The quantitative estimate of drug-likeness (QED) is 0.715. The van der Waals surface area contributed by atoms with Gasteiger partial charge in [0.25, 0.3) is 11.8 Å². The van der Waals surface area contributed by atoms with Gasteiger partial charge in [-0.15, -0.1) is 0 Å². The summed E-state index contributed by atoms with van der Waals surface area (Å²) in [5.74, 6) is 0.352. The number of pyridine rings is 1. The van der Waals surface area contributed by atoms with E-state index in [1.54, 1.807) is 55.8 Å². The number of hydrogen-bond acceptors (Lipinski definition) is 5. The molecule has 0 saturated heterocycles. The molecule has 7 heteroatoms. The van der Waals surface area contributed by atoms with Crippen molar-refractivity contribution in [3.63, 3.8) is 0 Å². The summed E-state index contributed by atoms with van der Waals surface area (Å²) in [6.07, 6.45) is 6.14. The first-order chi connectivity index (χ1) is 13.1. The Hall–Kier alpha value is -3.48. The van der Waals surface area contributed by atoms with Crippen LogP contribution in [0.3, 0.4) is 0 Å². The summed E-state index contributed by atoms with van der Waals surface area (Å²) in [5.41, 5.74) is 2.94. The molecule has 0 N–H and O–H groups in total. The summed E-state index contributed by atoms with van der Waals surface area (Å²) in [6, 6.07) is 8.58. The number of hydrogen-bond donors (Lipinski definition) is 0. The van der Waals surface area contributed by atoms with Gasteiger partial charge in [-0.25, -0.2) is 4.98 Å². The number of fused-ring (bicyclic) bond motifs is 1. The van der Waals surface area contributed by atoms with Gasteiger partial charge in [-0.2, -0.15) is 0 Å². The van der Waals surface area contributed by atoms with Gasteiger partial charge in [0.15, 0.2) is 12.2 Å². The number of aromatic nitrogens is 2. The summed E-state index contributed by atoms with van der Waals surface area (Å²) >= 11 is 0. The zero-order valence-corrected chi connectivity index (χ0v) is 15.0. The van der Waals surface area contributed by atoms with Crippen LogP contribution < -0.4 is 0 Å². The molecule has 0 fully saturated rings. The molecule has 136 valence electrons. The fourth-order valence-corrected chi connectivity index (χ4v) is 3.36. The van der Waals surface area contributed by atoms with Crippen LogP contribution in [-0.4, -0.2) is 45.7 Å². The number of nitrogens with zero attached hydrogens (tertiary/aromatic N) is 4. The number of amides is 2. The van der Waals surface area contributed by atoms with Gasteiger partial charge in [-0.1, -0.05) is 6.07 Å². The Balaban J connectivity index is 1.76. The molecule has 1 aromatic carbocycles. The second-order valence-corrected chi connectivity index (χ2v) is 6.59. The van der Waals surface area contributed by atoms with E-state index >= 15 is 0 Å². The minimum atomic E-state index is -0.390. The Morgan fingerprint density at radius 2 is 2.00 bits per heavy atom. The normalized spacial score (nSPS) is 15.5. The molecule has 7 nitrogen and oxygen atoms in total. The summed E-state index contributed by atoms with van der Waals surface area (Å²) in [4.78, 5) is 36.7. The lowest BCUT2D eigenvalue weighted by atomic mass is 10.00. The summed E-state index contributed by atoms with van der Waals surface area (Å²) in [5, 5.41) is 0. The van der Waals surface area contributed by atoms with Crippen molar-refractivity contribution in [3.8, 4) is 0 Å². The molecule has 0 radical (unpaired) electrons. The van der Waals surface area contributed by atoms with Gasteiger partial charge in [0.05, 0.1) is 11.8 Å². The van der Waals surface area contributed by atoms with Crippen molar-refractivity contribution >= 4 is 11.8 Å². The lowest BCUT2D eigenvalue weighted by molar-refractivity contribution is 0.0703. The first-order valence-electron chi connectivity index (χ1n) is 8.50. The highest BCUT2D eigenvalue weighted by atomic mass is 16.3. The minimum absolute atomic E-state index is 0.0777. The fraction of sp³-hybridized carbons (Fsp3) is 0.200. The molecule has 0 spiro atoms. The average Bonchev–Trinajstić information content (AvgIpc) is 3.34. The number of benzene rings is 1. The van der Waals surface area contributed by atoms with Crippen LogP contribution in [-0.2, 0) is 6.54 Å². The third-order valence-corrected chi connectivity index (χ3v) is 4.63. The molecule has 0 aliphatic carbocycles. The lowest BCUT2D eigenvalue weighted by Gasteiger charge is -2.23. The van der Waals surface area contributed by atoms with Gasteiger partial charge in [-0.3, -0.25) is 14.6 Å². The first-order valence-corrected chi connectivity index (χ1v) is 8.50. The predicted octanol–water partition coefficient (Wildman–Crippen LogP) is 2.52. The molecule has 1 aliphatic rings. The highest BCUT2D eigenvalue weighted by Crippen LogP contribution is 2.39. The van der Waals surface area contributed by atoms with Gasteiger partial charge < -0.3 is 14.2 Å². The zero-order valence-electron chi connectivity index (χ0n) is 15.0. The smallest absolute Gasteiger partial charge is 0.256 e. The summed E-state index contributed by atoms with van der Waals surface area (Å²) in [6.45, 7) is 0.378. The maximum atomic E-state index is 13.1. The van der Waals surface area contributed by atoms with E-state index in [-0.39, 0.29) is 11.8 Å². The Labute approximate surface area is 156 Å². The van der Waals surface area contributed by atoms with Gasteiger partial charge >= 0.3 is 0 Å². The highest BCUT2D eigenvalue weighted by Gasteiger charge is 2.37. The molecule has 3 aromatic rings. The van der Waals surface area contributed by atoms with Crippen LogP contribution >= 0.6 is 0 Å². The van der Waals surface area contributed by atoms with Crippen LogP contribution in [0.2, 0.25) is 0 Å². The molecule has 27 heavy (non-hydrogen) atoms. The maximum absolute atomic E-state index is 13.1. The Bertz CT molecular complexity index is 984. The van der Waals surface area contributed by atoms with E-state index in [2.05, 4.69) is 9.97 Å². The van der Waals surface area contributed by atoms with E-state index in [1.807, 2.05) is 12.1 Å². The SMILES string of the molecule is CN(C)C(=O)c1ccc2c(c1)CN(C(=O)c1cccnc1)[C@@H]2c1cnco1. The molecule has 0 bridgehead atoms. The van der Waals surface area contributed by atoms with Crippen molar-refractivity contribution < 1.29 is 14.0 Å². The van der Waals surface area contributed by atoms with E-state index in [1.165, 1.54) is 11.3 Å². The van der Waals surface area contributed by atoms with Gasteiger partial charge in [0.1, 0.15) is 6.04 Å². The molecule has 1 aliphatic heterocycles. The van der Waals surface area contributed by atoms with Crippen molar-refractivity contribution in [2.45, 2.75) is 12.6 Å². The maximum Gasteiger partial charge on any atom is 0.256 e. The Morgan fingerprint density at radius 3 is 2.67 bits per heavy atom. The Morgan fingerprint density at radius 1 is 1.15 bits per heavy atom. The number of oxazole rings is 1. The average molecular weight is 362 g/mol. The standard InChI is InChI=1S/C20H18N4O3/c1-23(2)19(25)13-5-6-16-15(8-13)11-24(18(16)17-10-22-12-27-17)20(26)14-4-3-7-21-9-14/h3-10,12,18H,11H2,1-2H3/t18-/m0/s1. The van der Waals surface area contributed by atoms with E-state index < -0.39 is 6.04 Å². The van der Waals surface area contributed by atoms with Crippen molar-refractivity contribution in [1.29, 1.82) is 0 Å². The number of carbonyl (C=O) groups excluding carboxylic acids is 2. The molecule has 2 aromatic heterocycles. The van der Waals surface area contributed by atoms with E-state index in [9.17, 15) is 9.59 Å². The van der Waals surface area contributed by atoms with Crippen LogP contribution in [0, 0.1) is 0 Å². The largest absolute Gasteiger partial charge is 0.446 e. The summed E-state index contributed by atoms with van der Waals surface area (Å²) < 4.78 is 5.51. The molecule has 0 unspecified atom stereocenters. The first kappa shape index (κ1) is 17.0. The second kappa shape index (κ2) is 6.68. The topological polar surface area (TPSA) is 79.5 Å². The zero-order chi connectivity index (χ0) is 19.0. The lowest BCUT2D eigenvalue weighted by Crippen LogP contribution is -2.30. The monoisotopic (exact) mass is 362 g/mol. The molecule has 3 heterocycles. The molecule has 1 atom stereocenters. The van der Waals surface area contributed by atoms with Gasteiger partial charge in [0.2, 0.25) is 0 Å². The van der Waals surface area contributed by atoms with Gasteiger partial charge in [0, 0.05) is 38.6 Å². The second-order valence-electron chi connectivity index (χ2n) is 6.59. The van der Waals surface area contributed by atoms with E-state index in [0.717, 1.165) is 11.1 Å². The van der Waals surface area contributed by atoms with Crippen LogP contribution in [0.5, 0.6) is 0 Å². The fourth-order valence-electron chi connectivity index (χ4n) is 3.36. The molecule has 2 amide bonds. The third kappa shape index (κ3) is 2.97. The Kier molecular flexibility index (Phi) is 4.19. The van der Waals surface area contributed by atoms with Crippen LogP contribution in [0.4, 0.5) is 0 Å². The predicted molar refractivity (Wildman–Crippen MR) is 96.9 cm³/mol. The third-order valence-electron chi connectivity index (χ3n) is 4.63. The van der Waals surface area contributed by atoms with Crippen molar-refractivity contribution in [3.05, 3.63) is 83.3 Å². The van der Waals surface area contributed by atoms with E-state index in [4.69, 9.17) is 4.42 Å². The number of carbonyl (C=O) groups is 2. The molecular formula is C20H18N4O3. The minimum Gasteiger partial charge on any atom is -0.446 e. The van der Waals surface area contributed by atoms with Crippen molar-refractivity contribution in [2.24, 2.45) is 0 Å². The molecular weight excluding hydrogens is 344 g/mol. The highest BCUT2D eigenvalue weighted by molar-refractivity contribution is 5.96. The molecule has 4 rings (SSSR count). The number of rotatable bonds is 3. The van der Waals surface area contributed by atoms with Crippen molar-refractivity contribution in [2.75, 3.05) is 14.1 Å². The van der Waals surface area contributed by atoms with Crippen LogP contribution in [0.1, 0.15) is 43.6 Å². The van der Waals surface area contributed by atoms with Crippen LogP contribution in [0.15, 0.2) is 59.7 Å². The van der Waals surface area contributed by atoms with Crippen molar-refractivity contribution in [1.82, 2.24) is 19.8 Å². The van der Waals surface area contributed by atoms with Gasteiger partial charge in [-0.05, 0) is 35.4 Å². The van der Waals surface area contributed by atoms with Crippen LogP contribution in [0.25, 0.3) is 0 Å².